The van der Waals surface area contributed by atoms with Crippen LogP contribution in [0, 0.1) is 13.8 Å². The lowest BCUT2D eigenvalue weighted by atomic mass is 10.0. The predicted octanol–water partition coefficient (Wildman–Crippen LogP) is 3.30. The van der Waals surface area contributed by atoms with E-state index in [1.807, 2.05) is 39.0 Å². The van der Waals surface area contributed by atoms with Gasteiger partial charge in [-0.05, 0) is 56.2 Å². The Morgan fingerprint density at radius 2 is 1.67 bits per heavy atom. The number of carbonyl (C=O) groups excluding carboxylic acids is 1. The minimum atomic E-state index is -3.65. The summed E-state index contributed by atoms with van der Waals surface area (Å²) >= 11 is 0. The third-order valence-electron chi connectivity index (χ3n) is 3.72. The Bertz CT molecular complexity index is 843. The lowest BCUT2D eigenvalue weighted by Crippen LogP contribution is -2.27. The lowest BCUT2D eigenvalue weighted by Gasteiger charge is -2.17. The first kappa shape index (κ1) is 18.2. The van der Waals surface area contributed by atoms with E-state index in [0.717, 1.165) is 16.7 Å². The molecule has 0 unspecified atom stereocenters. The molecule has 1 atom stereocenters. The number of amides is 1. The fraction of sp³-hybridized carbons (Fsp3) is 0.278. The highest BCUT2D eigenvalue weighted by Crippen LogP contribution is 2.22. The maximum Gasteiger partial charge on any atom is 0.241 e. The molecule has 24 heavy (non-hydrogen) atoms. The van der Waals surface area contributed by atoms with Crippen molar-refractivity contribution in [3.8, 4) is 0 Å². The van der Waals surface area contributed by atoms with Gasteiger partial charge in [-0.25, -0.2) is 13.1 Å². The molecule has 0 aliphatic carbocycles. The maximum atomic E-state index is 12.5. The lowest BCUT2D eigenvalue weighted by molar-refractivity contribution is -0.114. The number of sulfonamides is 1. The van der Waals surface area contributed by atoms with E-state index in [4.69, 9.17) is 0 Å². The van der Waals surface area contributed by atoms with Gasteiger partial charge in [0, 0.05) is 18.7 Å². The van der Waals surface area contributed by atoms with Crippen LogP contribution in [0.3, 0.4) is 0 Å². The molecule has 2 aromatic carbocycles. The Labute approximate surface area is 143 Å². The average Bonchev–Trinajstić information content (AvgIpc) is 2.49. The molecule has 2 N–H and O–H groups in total. The number of aryl methyl sites for hydroxylation is 2. The van der Waals surface area contributed by atoms with E-state index >= 15 is 0 Å². The summed E-state index contributed by atoms with van der Waals surface area (Å²) in [6.45, 7) is 7.16. The van der Waals surface area contributed by atoms with Crippen molar-refractivity contribution in [1.29, 1.82) is 0 Å². The fourth-order valence-corrected chi connectivity index (χ4v) is 3.73. The summed E-state index contributed by atoms with van der Waals surface area (Å²) < 4.78 is 27.8. The standard InChI is InChI=1S/C18H22N2O3S/c1-12-5-6-13(2)18(11-12)14(3)20-24(22,23)17-9-7-16(8-10-17)19-15(4)21/h5-11,14,20H,1-4H3,(H,19,21)/t14-/m0/s1. The molecule has 1 amide bonds. The van der Waals surface area contributed by atoms with Crippen molar-refractivity contribution >= 4 is 21.6 Å². The molecule has 2 rings (SSSR count). The van der Waals surface area contributed by atoms with Gasteiger partial charge in [-0.3, -0.25) is 4.79 Å². The molecule has 0 saturated heterocycles. The van der Waals surface area contributed by atoms with Crippen LogP contribution in [0.4, 0.5) is 5.69 Å². The van der Waals surface area contributed by atoms with Gasteiger partial charge in [0.05, 0.1) is 4.90 Å². The number of hydrogen-bond acceptors (Lipinski definition) is 3. The van der Waals surface area contributed by atoms with Crippen LogP contribution in [0.25, 0.3) is 0 Å². The quantitative estimate of drug-likeness (QED) is 0.872. The first-order chi connectivity index (χ1) is 11.2. The van der Waals surface area contributed by atoms with Gasteiger partial charge in [-0.1, -0.05) is 23.8 Å². The summed E-state index contributed by atoms with van der Waals surface area (Å²) in [5, 5.41) is 2.61. The highest BCUT2D eigenvalue weighted by Gasteiger charge is 2.19. The summed E-state index contributed by atoms with van der Waals surface area (Å²) in [4.78, 5) is 11.2. The zero-order valence-electron chi connectivity index (χ0n) is 14.3. The third-order valence-corrected chi connectivity index (χ3v) is 5.27. The van der Waals surface area contributed by atoms with Gasteiger partial charge in [-0.15, -0.1) is 0 Å². The van der Waals surface area contributed by atoms with Gasteiger partial charge in [-0.2, -0.15) is 0 Å². The molecular weight excluding hydrogens is 324 g/mol. The molecular formula is C18H22N2O3S. The summed E-state index contributed by atoms with van der Waals surface area (Å²) in [5.41, 5.74) is 3.63. The first-order valence-corrected chi connectivity index (χ1v) is 9.14. The molecule has 0 fully saturated rings. The smallest absolute Gasteiger partial charge is 0.241 e. The van der Waals surface area contributed by atoms with E-state index in [0.29, 0.717) is 5.69 Å². The molecule has 0 radical (unpaired) electrons. The molecule has 128 valence electrons. The SMILES string of the molecule is CC(=O)Nc1ccc(S(=O)(=O)N[C@@H](C)c2cc(C)ccc2C)cc1. The monoisotopic (exact) mass is 346 g/mol. The molecule has 0 aromatic heterocycles. The van der Waals surface area contributed by atoms with E-state index in [1.54, 1.807) is 12.1 Å². The van der Waals surface area contributed by atoms with Gasteiger partial charge in [0.2, 0.25) is 15.9 Å². The second kappa shape index (κ2) is 7.15. The largest absolute Gasteiger partial charge is 0.326 e. The summed E-state index contributed by atoms with van der Waals surface area (Å²) in [6, 6.07) is 11.7. The number of anilines is 1. The molecule has 6 heteroatoms. The molecule has 5 nitrogen and oxygen atoms in total. The summed E-state index contributed by atoms with van der Waals surface area (Å²) in [6.07, 6.45) is 0. The van der Waals surface area contributed by atoms with E-state index < -0.39 is 10.0 Å². The Morgan fingerprint density at radius 1 is 1.04 bits per heavy atom. The Kier molecular flexibility index (Phi) is 5.41. The topological polar surface area (TPSA) is 75.3 Å². The van der Waals surface area contributed by atoms with Gasteiger partial charge < -0.3 is 5.32 Å². The molecule has 0 bridgehead atoms. The molecule has 0 saturated carbocycles. The van der Waals surface area contributed by atoms with Crippen LogP contribution in [0.15, 0.2) is 47.4 Å². The third kappa shape index (κ3) is 4.43. The van der Waals surface area contributed by atoms with Crippen molar-refractivity contribution in [2.75, 3.05) is 5.32 Å². The van der Waals surface area contributed by atoms with E-state index in [2.05, 4.69) is 10.0 Å². The van der Waals surface area contributed by atoms with Crippen LogP contribution >= 0.6 is 0 Å². The van der Waals surface area contributed by atoms with Gasteiger partial charge >= 0.3 is 0 Å². The van der Waals surface area contributed by atoms with Crippen LogP contribution in [-0.2, 0) is 14.8 Å². The number of nitrogens with one attached hydrogen (secondary N) is 2. The van der Waals surface area contributed by atoms with Crippen LogP contribution in [0.2, 0.25) is 0 Å². The van der Waals surface area contributed by atoms with Crippen LogP contribution in [0.1, 0.15) is 36.6 Å². The molecule has 0 aliphatic heterocycles. The minimum Gasteiger partial charge on any atom is -0.326 e. The number of hydrogen-bond donors (Lipinski definition) is 2. The first-order valence-electron chi connectivity index (χ1n) is 7.66. The average molecular weight is 346 g/mol. The number of rotatable bonds is 5. The van der Waals surface area contributed by atoms with Crippen LogP contribution in [-0.4, -0.2) is 14.3 Å². The van der Waals surface area contributed by atoms with E-state index in [-0.39, 0.29) is 16.8 Å². The van der Waals surface area contributed by atoms with E-state index in [1.165, 1.54) is 19.1 Å². The van der Waals surface area contributed by atoms with Crippen molar-refractivity contribution in [2.24, 2.45) is 0 Å². The highest BCUT2D eigenvalue weighted by molar-refractivity contribution is 7.89. The zero-order valence-corrected chi connectivity index (χ0v) is 15.1. The number of benzene rings is 2. The molecule has 0 aliphatic rings. The number of carbonyl (C=O) groups is 1. The van der Waals surface area contributed by atoms with Crippen molar-refractivity contribution < 1.29 is 13.2 Å². The molecule has 2 aromatic rings. The fourth-order valence-electron chi connectivity index (χ4n) is 2.51. The van der Waals surface area contributed by atoms with Crippen molar-refractivity contribution in [1.82, 2.24) is 4.72 Å². The second-order valence-corrected chi connectivity index (χ2v) is 7.62. The maximum absolute atomic E-state index is 12.5. The van der Waals surface area contributed by atoms with Crippen molar-refractivity contribution in [2.45, 2.75) is 38.6 Å². The van der Waals surface area contributed by atoms with E-state index in [9.17, 15) is 13.2 Å². The summed E-state index contributed by atoms with van der Waals surface area (Å²) in [7, 11) is -3.65. The van der Waals surface area contributed by atoms with Gasteiger partial charge in [0.15, 0.2) is 0 Å². The van der Waals surface area contributed by atoms with Crippen molar-refractivity contribution in [3.63, 3.8) is 0 Å². The zero-order chi connectivity index (χ0) is 17.9. The van der Waals surface area contributed by atoms with Crippen molar-refractivity contribution in [3.05, 3.63) is 59.2 Å². The normalized spacial score (nSPS) is 12.7. The Balaban J connectivity index is 2.21. The van der Waals surface area contributed by atoms with Crippen LogP contribution < -0.4 is 10.0 Å². The molecule has 0 heterocycles. The van der Waals surface area contributed by atoms with Gasteiger partial charge in [0.25, 0.3) is 0 Å². The second-order valence-electron chi connectivity index (χ2n) is 5.91. The predicted molar refractivity (Wildman–Crippen MR) is 95.4 cm³/mol. The van der Waals surface area contributed by atoms with Gasteiger partial charge in [0.1, 0.15) is 0 Å². The minimum absolute atomic E-state index is 0.161. The Hall–Kier alpha value is -2.18. The van der Waals surface area contributed by atoms with Crippen LogP contribution in [0.5, 0.6) is 0 Å². The summed E-state index contributed by atoms with van der Waals surface area (Å²) in [5.74, 6) is -0.202. The Morgan fingerprint density at radius 3 is 2.25 bits per heavy atom. The highest BCUT2D eigenvalue weighted by atomic mass is 32.2. The molecule has 0 spiro atoms.